The third kappa shape index (κ3) is 1.94. The molecule has 0 aliphatic rings. The second kappa shape index (κ2) is 4.67. The van der Waals surface area contributed by atoms with Gasteiger partial charge in [0.05, 0.1) is 31.4 Å². The fourth-order valence-electron chi connectivity index (χ4n) is 1.64. The van der Waals surface area contributed by atoms with E-state index in [0.29, 0.717) is 28.3 Å². The Morgan fingerprint density at radius 1 is 1.28 bits per heavy atom. The van der Waals surface area contributed by atoms with E-state index in [9.17, 15) is 0 Å². The molecule has 18 heavy (non-hydrogen) atoms. The van der Waals surface area contributed by atoms with Crippen molar-refractivity contribution in [2.75, 3.05) is 20.0 Å². The fourth-order valence-corrected chi connectivity index (χ4v) is 1.64. The van der Waals surface area contributed by atoms with E-state index in [0.717, 1.165) is 0 Å². The SMILES string of the molecule is COc1cc(C#N)cc(-c2cc(N)on2)c1OC. The third-order valence-electron chi connectivity index (χ3n) is 2.41. The fraction of sp³-hybridized carbons (Fsp3) is 0.167. The lowest BCUT2D eigenvalue weighted by atomic mass is 10.1. The smallest absolute Gasteiger partial charge is 0.222 e. The number of rotatable bonds is 3. The largest absolute Gasteiger partial charge is 0.493 e. The number of hydrogen-bond donors (Lipinski definition) is 1. The third-order valence-corrected chi connectivity index (χ3v) is 2.41. The van der Waals surface area contributed by atoms with Gasteiger partial charge >= 0.3 is 0 Å². The molecular formula is C12H11N3O3. The van der Waals surface area contributed by atoms with E-state index >= 15 is 0 Å². The van der Waals surface area contributed by atoms with Gasteiger partial charge in [0.2, 0.25) is 5.88 Å². The van der Waals surface area contributed by atoms with E-state index in [1.807, 2.05) is 6.07 Å². The van der Waals surface area contributed by atoms with Crippen LogP contribution < -0.4 is 15.2 Å². The van der Waals surface area contributed by atoms with E-state index < -0.39 is 0 Å². The van der Waals surface area contributed by atoms with Gasteiger partial charge in [-0.15, -0.1) is 0 Å². The molecule has 0 radical (unpaired) electrons. The maximum Gasteiger partial charge on any atom is 0.222 e. The summed E-state index contributed by atoms with van der Waals surface area (Å²) >= 11 is 0. The highest BCUT2D eigenvalue weighted by atomic mass is 16.5. The van der Waals surface area contributed by atoms with Crippen LogP contribution in [0.25, 0.3) is 11.3 Å². The molecule has 2 rings (SSSR count). The first-order valence-corrected chi connectivity index (χ1v) is 5.08. The molecule has 6 nitrogen and oxygen atoms in total. The molecule has 92 valence electrons. The van der Waals surface area contributed by atoms with Gasteiger partial charge < -0.3 is 19.7 Å². The van der Waals surface area contributed by atoms with Crippen molar-refractivity contribution >= 4 is 5.88 Å². The van der Waals surface area contributed by atoms with Gasteiger partial charge in [-0.1, -0.05) is 5.16 Å². The number of ether oxygens (including phenoxy) is 2. The number of hydrogen-bond acceptors (Lipinski definition) is 6. The van der Waals surface area contributed by atoms with Crippen molar-refractivity contribution in [2.45, 2.75) is 0 Å². The van der Waals surface area contributed by atoms with Crippen molar-refractivity contribution in [2.24, 2.45) is 0 Å². The normalized spacial score (nSPS) is 9.83. The van der Waals surface area contributed by atoms with Gasteiger partial charge in [0.1, 0.15) is 5.69 Å². The lowest BCUT2D eigenvalue weighted by Crippen LogP contribution is -1.95. The van der Waals surface area contributed by atoms with Crippen molar-refractivity contribution in [3.8, 4) is 28.8 Å². The first-order valence-electron chi connectivity index (χ1n) is 5.08. The number of nitriles is 1. The zero-order valence-corrected chi connectivity index (χ0v) is 9.93. The second-order valence-corrected chi connectivity index (χ2v) is 3.49. The van der Waals surface area contributed by atoms with Gasteiger partial charge in [-0.3, -0.25) is 0 Å². The predicted molar refractivity (Wildman–Crippen MR) is 64.2 cm³/mol. The summed E-state index contributed by atoms with van der Waals surface area (Å²) in [5.41, 5.74) is 6.99. The monoisotopic (exact) mass is 245 g/mol. The topological polar surface area (TPSA) is 94.3 Å². The van der Waals surface area contributed by atoms with Crippen molar-refractivity contribution < 1.29 is 14.0 Å². The van der Waals surface area contributed by atoms with Crippen LogP contribution in [0, 0.1) is 11.3 Å². The Kier molecular flexibility index (Phi) is 3.06. The van der Waals surface area contributed by atoms with Gasteiger partial charge in [0.15, 0.2) is 11.5 Å². The quantitative estimate of drug-likeness (QED) is 0.886. The van der Waals surface area contributed by atoms with Gasteiger partial charge in [0.25, 0.3) is 0 Å². The molecule has 0 saturated heterocycles. The number of nitrogens with zero attached hydrogens (tertiary/aromatic N) is 2. The minimum absolute atomic E-state index is 0.188. The van der Waals surface area contributed by atoms with Gasteiger partial charge in [0, 0.05) is 12.1 Å². The second-order valence-electron chi connectivity index (χ2n) is 3.49. The van der Waals surface area contributed by atoms with E-state index in [4.69, 9.17) is 25.0 Å². The minimum Gasteiger partial charge on any atom is -0.493 e. The highest BCUT2D eigenvalue weighted by Gasteiger charge is 2.16. The average Bonchev–Trinajstić information content (AvgIpc) is 2.83. The van der Waals surface area contributed by atoms with Crippen LogP contribution in [-0.2, 0) is 0 Å². The molecule has 0 spiro atoms. The zero-order valence-electron chi connectivity index (χ0n) is 9.93. The summed E-state index contributed by atoms with van der Waals surface area (Å²) in [6.07, 6.45) is 0. The Labute approximate surface area is 104 Å². The van der Waals surface area contributed by atoms with E-state index in [-0.39, 0.29) is 5.88 Å². The molecular weight excluding hydrogens is 234 g/mol. The lowest BCUT2D eigenvalue weighted by molar-refractivity contribution is 0.355. The van der Waals surface area contributed by atoms with Crippen molar-refractivity contribution in [1.29, 1.82) is 5.26 Å². The Morgan fingerprint density at radius 2 is 2.06 bits per heavy atom. The number of anilines is 1. The predicted octanol–water partition coefficient (Wildman–Crippen LogP) is 1.81. The summed E-state index contributed by atoms with van der Waals surface area (Å²) < 4.78 is 15.3. The lowest BCUT2D eigenvalue weighted by Gasteiger charge is -2.11. The summed E-state index contributed by atoms with van der Waals surface area (Å²) in [7, 11) is 3.01. The van der Waals surface area contributed by atoms with Crippen LogP contribution in [0.2, 0.25) is 0 Å². The van der Waals surface area contributed by atoms with Crippen LogP contribution in [-0.4, -0.2) is 19.4 Å². The molecule has 0 amide bonds. The van der Waals surface area contributed by atoms with E-state index in [1.54, 1.807) is 18.2 Å². The standard InChI is InChI=1S/C12H11N3O3/c1-16-10-4-7(6-13)3-8(12(10)17-2)9-5-11(14)18-15-9/h3-5H,14H2,1-2H3. The maximum absolute atomic E-state index is 8.98. The van der Waals surface area contributed by atoms with Crippen molar-refractivity contribution in [3.05, 3.63) is 23.8 Å². The number of nitrogens with two attached hydrogens (primary N) is 1. The zero-order chi connectivity index (χ0) is 13.1. The highest BCUT2D eigenvalue weighted by molar-refractivity contribution is 5.74. The summed E-state index contributed by atoms with van der Waals surface area (Å²) in [6.45, 7) is 0. The molecule has 2 N–H and O–H groups in total. The van der Waals surface area contributed by atoms with Crippen LogP contribution in [0.4, 0.5) is 5.88 Å². The maximum atomic E-state index is 8.98. The van der Waals surface area contributed by atoms with Gasteiger partial charge in [-0.2, -0.15) is 5.26 Å². The highest BCUT2D eigenvalue weighted by Crippen LogP contribution is 2.39. The summed E-state index contributed by atoms with van der Waals surface area (Å²) in [5.74, 6) is 1.12. The number of benzene rings is 1. The Bertz CT molecular complexity index is 614. The first kappa shape index (κ1) is 11.8. The molecule has 1 aromatic heterocycles. The molecule has 0 fully saturated rings. The molecule has 0 aliphatic heterocycles. The van der Waals surface area contributed by atoms with Crippen molar-refractivity contribution in [3.63, 3.8) is 0 Å². The summed E-state index contributed by atoms with van der Waals surface area (Å²) in [5, 5.41) is 12.8. The Morgan fingerprint density at radius 3 is 2.56 bits per heavy atom. The molecule has 0 atom stereocenters. The summed E-state index contributed by atoms with van der Waals surface area (Å²) in [4.78, 5) is 0. The van der Waals surface area contributed by atoms with Crippen molar-refractivity contribution in [1.82, 2.24) is 5.16 Å². The number of nitrogen functional groups attached to an aromatic ring is 1. The van der Waals surface area contributed by atoms with Crippen LogP contribution in [0.5, 0.6) is 11.5 Å². The first-order chi connectivity index (χ1) is 8.69. The van der Waals surface area contributed by atoms with E-state index in [2.05, 4.69) is 5.16 Å². The van der Waals surface area contributed by atoms with E-state index in [1.165, 1.54) is 14.2 Å². The summed E-state index contributed by atoms with van der Waals surface area (Å²) in [6, 6.07) is 6.83. The Hall–Kier alpha value is -2.68. The molecule has 1 heterocycles. The van der Waals surface area contributed by atoms with Crippen LogP contribution in [0.15, 0.2) is 22.7 Å². The van der Waals surface area contributed by atoms with Crippen LogP contribution in [0.3, 0.4) is 0 Å². The van der Waals surface area contributed by atoms with Crippen LogP contribution in [0.1, 0.15) is 5.56 Å². The molecule has 0 aliphatic carbocycles. The molecule has 0 saturated carbocycles. The minimum atomic E-state index is 0.188. The number of aromatic nitrogens is 1. The number of methoxy groups -OCH3 is 2. The molecule has 6 heteroatoms. The molecule has 2 aromatic rings. The van der Waals surface area contributed by atoms with Gasteiger partial charge in [-0.25, -0.2) is 0 Å². The molecule has 0 unspecified atom stereocenters. The average molecular weight is 245 g/mol. The van der Waals surface area contributed by atoms with Gasteiger partial charge in [-0.05, 0) is 6.07 Å². The molecule has 1 aromatic carbocycles. The van der Waals surface area contributed by atoms with Crippen LogP contribution >= 0.6 is 0 Å². The molecule has 0 bridgehead atoms. The Balaban J connectivity index is 2.68.